The highest BCUT2D eigenvalue weighted by atomic mass is 35.5. The van der Waals surface area contributed by atoms with Crippen molar-refractivity contribution in [2.45, 2.75) is 43.4 Å². The fraction of sp³-hybridized carbons (Fsp3) is 0.364. The summed E-state index contributed by atoms with van der Waals surface area (Å²) in [5.41, 5.74) is 4.99. The van der Waals surface area contributed by atoms with Crippen molar-refractivity contribution in [3.05, 3.63) is 105 Å². The molecule has 0 spiro atoms. The van der Waals surface area contributed by atoms with E-state index >= 15 is 0 Å². The third-order valence-corrected chi connectivity index (χ3v) is 10.5. The summed E-state index contributed by atoms with van der Waals surface area (Å²) in [6, 6.07) is 21.1. The van der Waals surface area contributed by atoms with Gasteiger partial charge in [-0.3, -0.25) is 14.8 Å². The smallest absolute Gasteiger partial charge is 0.254 e. The molecule has 2 N–H and O–H groups in total. The first kappa shape index (κ1) is 31.2. The number of halogens is 2. The van der Waals surface area contributed by atoms with Crippen molar-refractivity contribution < 1.29 is 14.8 Å². The molecule has 2 saturated heterocycles. The van der Waals surface area contributed by atoms with Crippen molar-refractivity contribution >= 4 is 35.0 Å². The maximum absolute atomic E-state index is 14.0. The van der Waals surface area contributed by atoms with Crippen LogP contribution in [0.1, 0.15) is 52.7 Å². The van der Waals surface area contributed by atoms with Gasteiger partial charge in [0.05, 0.1) is 21.1 Å². The van der Waals surface area contributed by atoms with Crippen LogP contribution in [0, 0.1) is 6.92 Å². The highest BCUT2D eigenvalue weighted by Gasteiger charge is 2.45. The van der Waals surface area contributed by atoms with E-state index < -0.39 is 5.41 Å². The second-order valence-corrected chi connectivity index (χ2v) is 12.9. The minimum absolute atomic E-state index is 0.0370. The first-order valence-electron chi connectivity index (χ1n) is 15.1. The molecule has 1 unspecified atom stereocenters. The van der Waals surface area contributed by atoms with Gasteiger partial charge < -0.3 is 9.80 Å². The molecule has 6 rings (SSSR count). The van der Waals surface area contributed by atoms with Gasteiger partial charge in [0.2, 0.25) is 0 Å². The minimum Gasteiger partial charge on any atom is -0.338 e. The van der Waals surface area contributed by atoms with Crippen molar-refractivity contribution in [2.24, 2.45) is 0 Å². The van der Waals surface area contributed by atoms with Gasteiger partial charge in [0, 0.05) is 24.1 Å². The Morgan fingerprint density at radius 1 is 0.933 bits per heavy atom. The summed E-state index contributed by atoms with van der Waals surface area (Å²) in [7, 11) is 0. The first-order valence-corrected chi connectivity index (χ1v) is 15.8. The van der Waals surface area contributed by atoms with E-state index in [2.05, 4.69) is 20.4 Å². The fourth-order valence-electron chi connectivity index (χ4n) is 6.93. The average molecular weight is 649 g/mol. The molecule has 0 bridgehead atoms. The van der Waals surface area contributed by atoms with Gasteiger partial charge in [-0.05, 0) is 104 Å². The lowest BCUT2D eigenvalue weighted by Gasteiger charge is -2.41. The summed E-state index contributed by atoms with van der Waals surface area (Å²) in [4.78, 5) is 31.2. The number of amides is 2. The van der Waals surface area contributed by atoms with Gasteiger partial charge in [-0.1, -0.05) is 65.7 Å². The molecule has 0 radical (unpaired) electrons. The molecule has 2 aliphatic rings. The van der Waals surface area contributed by atoms with Gasteiger partial charge in [-0.2, -0.15) is 0 Å². The predicted molar refractivity (Wildman–Crippen MR) is 171 cm³/mol. The van der Waals surface area contributed by atoms with Crippen LogP contribution in [0.15, 0.2) is 73.1 Å². The van der Waals surface area contributed by atoms with Crippen LogP contribution in [-0.2, 0) is 15.6 Å². The highest BCUT2D eigenvalue weighted by molar-refractivity contribution is 6.42. The van der Waals surface area contributed by atoms with Crippen LogP contribution in [0.4, 0.5) is 0 Å². The van der Waals surface area contributed by atoms with E-state index in [-0.39, 0.29) is 17.2 Å². The van der Waals surface area contributed by atoms with Gasteiger partial charge in [0.1, 0.15) is 6.33 Å². The summed E-state index contributed by atoms with van der Waals surface area (Å²) in [5, 5.41) is 22.0. The third-order valence-electron chi connectivity index (χ3n) is 9.72. The highest BCUT2D eigenvalue weighted by Crippen LogP contribution is 2.42. The van der Waals surface area contributed by atoms with Crippen LogP contribution in [0.2, 0.25) is 10.0 Å². The summed E-state index contributed by atoms with van der Waals surface area (Å²) in [6.45, 7) is 5.25. The fourth-order valence-corrected chi connectivity index (χ4v) is 7.23. The van der Waals surface area contributed by atoms with Crippen molar-refractivity contribution in [2.75, 3.05) is 32.7 Å². The Labute approximate surface area is 271 Å². The molecular weight excluding hydrogens is 613 g/mol. The molecule has 3 aromatic carbocycles. The Morgan fingerprint density at radius 3 is 2.40 bits per heavy atom. The molecule has 1 atom stereocenters. The third kappa shape index (κ3) is 6.07. The summed E-state index contributed by atoms with van der Waals surface area (Å²) < 4.78 is 1.54. The van der Waals surface area contributed by atoms with Crippen molar-refractivity contribution in [3.8, 4) is 5.69 Å². The number of carbonyl (C=O) groups is 2. The Morgan fingerprint density at radius 2 is 1.71 bits per heavy atom. The number of aromatic nitrogens is 4. The van der Waals surface area contributed by atoms with Gasteiger partial charge in [-0.15, -0.1) is 5.10 Å². The van der Waals surface area contributed by atoms with E-state index in [0.717, 1.165) is 41.8 Å². The monoisotopic (exact) mass is 647 g/mol. The molecular formula is C33H35Cl2N7O3. The van der Waals surface area contributed by atoms with Crippen molar-refractivity contribution in [3.63, 3.8) is 0 Å². The second-order valence-electron chi connectivity index (χ2n) is 12.1. The maximum atomic E-state index is 14.0. The maximum Gasteiger partial charge on any atom is 0.254 e. The first-order chi connectivity index (χ1) is 21.7. The Balaban J connectivity index is 1.22. The van der Waals surface area contributed by atoms with Crippen LogP contribution in [-0.4, -0.2) is 79.8 Å². The standard InChI is InChI=1S/C33H35Cl2N7O3/c1-23-7-9-26(42-22-36-38-39-42)20-27(23)30(43)41-18-12-32(21-41,25-8-10-28(34)29(35)19-25)11-15-40-16-13-33(14-17-40,31(44)37-45)24-5-3-2-4-6-24/h2-10,19-20,22,45H,11-18,21H2,1H3,(H,37,44). The zero-order valence-corrected chi connectivity index (χ0v) is 26.5. The van der Waals surface area contributed by atoms with E-state index in [4.69, 9.17) is 23.2 Å². The molecule has 4 aromatic rings. The number of rotatable bonds is 8. The lowest BCUT2D eigenvalue weighted by molar-refractivity contribution is -0.137. The number of tetrazole rings is 1. The lowest BCUT2D eigenvalue weighted by atomic mass is 9.71. The molecule has 2 aliphatic heterocycles. The van der Waals surface area contributed by atoms with E-state index in [1.165, 1.54) is 11.0 Å². The van der Waals surface area contributed by atoms with Crippen LogP contribution in [0.3, 0.4) is 0 Å². The molecule has 45 heavy (non-hydrogen) atoms. The number of benzene rings is 3. The van der Waals surface area contributed by atoms with E-state index in [1.54, 1.807) is 0 Å². The van der Waals surface area contributed by atoms with E-state index in [9.17, 15) is 14.8 Å². The molecule has 0 saturated carbocycles. The van der Waals surface area contributed by atoms with Gasteiger partial charge in [0.15, 0.2) is 0 Å². The zero-order chi connectivity index (χ0) is 31.6. The Kier molecular flexibility index (Phi) is 8.92. The van der Waals surface area contributed by atoms with Crippen LogP contribution >= 0.6 is 23.2 Å². The van der Waals surface area contributed by atoms with Gasteiger partial charge >= 0.3 is 0 Å². The van der Waals surface area contributed by atoms with Crippen molar-refractivity contribution in [1.82, 2.24) is 35.5 Å². The number of nitrogens with one attached hydrogen (secondary N) is 1. The van der Waals surface area contributed by atoms with Crippen molar-refractivity contribution in [1.29, 1.82) is 0 Å². The summed E-state index contributed by atoms with van der Waals surface area (Å²) in [5.74, 6) is -0.407. The normalized spacial score (nSPS) is 19.9. The molecule has 12 heteroatoms. The number of hydroxylamine groups is 1. The molecule has 1 aromatic heterocycles. The molecule has 10 nitrogen and oxygen atoms in total. The minimum atomic E-state index is -0.779. The Bertz CT molecular complexity index is 1680. The number of hydrogen-bond donors (Lipinski definition) is 2. The number of likely N-dealkylation sites (tertiary alicyclic amines) is 2. The van der Waals surface area contributed by atoms with E-state index in [1.807, 2.05) is 84.0 Å². The molecule has 0 aliphatic carbocycles. The SMILES string of the molecule is Cc1ccc(-n2cnnn2)cc1C(=O)N1CCC(CCN2CCC(C(=O)NO)(c3ccccc3)CC2)(c2ccc(Cl)c(Cl)c2)C1. The number of aryl methyl sites for hydroxylation is 1. The van der Waals surface area contributed by atoms with E-state index in [0.29, 0.717) is 54.6 Å². The summed E-state index contributed by atoms with van der Waals surface area (Å²) in [6.07, 6.45) is 4.25. The summed E-state index contributed by atoms with van der Waals surface area (Å²) >= 11 is 12.8. The number of hydrogen-bond acceptors (Lipinski definition) is 7. The topological polar surface area (TPSA) is 116 Å². The zero-order valence-electron chi connectivity index (χ0n) is 25.0. The quantitative estimate of drug-likeness (QED) is 0.204. The van der Waals surface area contributed by atoms with Gasteiger partial charge in [-0.25, -0.2) is 10.2 Å². The number of piperidine rings is 1. The molecule has 2 amide bonds. The largest absolute Gasteiger partial charge is 0.338 e. The molecule has 2 fully saturated rings. The van der Waals surface area contributed by atoms with Gasteiger partial charge in [0.25, 0.3) is 11.8 Å². The predicted octanol–water partition coefficient (Wildman–Crippen LogP) is 4.99. The molecule has 234 valence electrons. The van der Waals surface area contributed by atoms with Crippen LogP contribution in [0.25, 0.3) is 5.69 Å². The molecule has 3 heterocycles. The van der Waals surface area contributed by atoms with Crippen LogP contribution in [0.5, 0.6) is 0 Å². The Hall–Kier alpha value is -3.83. The lowest BCUT2D eigenvalue weighted by Crippen LogP contribution is -2.51. The average Bonchev–Trinajstić information content (AvgIpc) is 3.77. The number of nitrogens with zero attached hydrogens (tertiary/aromatic N) is 6. The van der Waals surface area contributed by atoms with Crippen LogP contribution < -0.4 is 5.48 Å². The second kappa shape index (κ2) is 12.9. The number of carbonyl (C=O) groups excluding carboxylic acids is 2.